The highest BCUT2D eigenvalue weighted by Crippen LogP contribution is 2.37. The lowest BCUT2D eigenvalue weighted by atomic mass is 9.78. The number of imide groups is 1. The largest absolute Gasteiger partial charge is 0.394 e. The lowest BCUT2D eigenvalue weighted by molar-refractivity contribution is -0.137. The Bertz CT molecular complexity index is 1150. The predicted molar refractivity (Wildman–Crippen MR) is 183 cm³/mol. The quantitative estimate of drug-likeness (QED) is 0.0926. The average molecular weight is 696 g/mol. The molecule has 10 atom stereocenters. The molecule has 280 valence electrons. The Morgan fingerprint density at radius 1 is 0.694 bits per heavy atom. The van der Waals surface area contributed by atoms with Crippen LogP contribution in [0.15, 0.2) is 0 Å². The maximum atomic E-state index is 13.4. The number of rotatable bonds is 17. The van der Waals surface area contributed by atoms with Crippen molar-refractivity contribution in [1.82, 2.24) is 26.6 Å². The first kappa shape index (κ1) is 42.0. The van der Waals surface area contributed by atoms with Crippen molar-refractivity contribution in [2.45, 2.75) is 142 Å². The third-order valence-corrected chi connectivity index (χ3v) is 10.0. The van der Waals surface area contributed by atoms with Crippen LogP contribution in [0, 0.1) is 29.6 Å². The Labute approximate surface area is 290 Å². The molecule has 0 spiro atoms. The van der Waals surface area contributed by atoms with E-state index in [2.05, 4.69) is 26.6 Å². The molecular formula is C34H61N7O8. The summed E-state index contributed by atoms with van der Waals surface area (Å²) in [4.78, 5) is 76.2. The second-order valence-electron chi connectivity index (χ2n) is 14.6. The fourth-order valence-electron chi connectivity index (χ4n) is 6.71. The van der Waals surface area contributed by atoms with Gasteiger partial charge in [-0.3, -0.25) is 34.1 Å². The van der Waals surface area contributed by atoms with E-state index in [1.807, 2.05) is 13.8 Å². The van der Waals surface area contributed by atoms with Crippen LogP contribution in [0.2, 0.25) is 0 Å². The molecule has 11 N–H and O–H groups in total. The van der Waals surface area contributed by atoms with Gasteiger partial charge in [0, 0.05) is 5.92 Å². The molecule has 0 bridgehead atoms. The maximum Gasteiger partial charge on any atom is 0.249 e. The number of carbonyl (C=O) groups excluding carboxylic acids is 6. The van der Waals surface area contributed by atoms with Crippen LogP contribution in [0.1, 0.15) is 99.3 Å². The molecule has 0 aromatic rings. The molecule has 2 rings (SSSR count). The number of aliphatic hydroxyl groups is 2. The fraction of sp³-hybridized carbons (Fsp3) is 0.824. The molecule has 15 nitrogen and oxygen atoms in total. The lowest BCUT2D eigenvalue weighted by Crippen LogP contribution is -2.57. The molecule has 2 fully saturated rings. The van der Waals surface area contributed by atoms with Crippen molar-refractivity contribution in [3.05, 3.63) is 0 Å². The van der Waals surface area contributed by atoms with Crippen molar-refractivity contribution in [1.29, 1.82) is 0 Å². The van der Waals surface area contributed by atoms with Crippen molar-refractivity contribution >= 4 is 35.4 Å². The summed E-state index contributed by atoms with van der Waals surface area (Å²) < 4.78 is 0. The van der Waals surface area contributed by atoms with Crippen LogP contribution in [0.5, 0.6) is 0 Å². The summed E-state index contributed by atoms with van der Waals surface area (Å²) in [6.07, 6.45) is 6.21. The zero-order chi connectivity index (χ0) is 37.0. The number of nitrogens with one attached hydrogen (secondary N) is 5. The first-order valence-corrected chi connectivity index (χ1v) is 17.8. The van der Waals surface area contributed by atoms with E-state index in [0.29, 0.717) is 12.8 Å². The van der Waals surface area contributed by atoms with E-state index in [-0.39, 0.29) is 35.5 Å². The van der Waals surface area contributed by atoms with E-state index in [4.69, 9.17) is 16.6 Å². The predicted octanol–water partition coefficient (Wildman–Crippen LogP) is -0.685. The Hall–Kier alpha value is -3.14. The number of hydrogen-bond donors (Lipinski definition) is 9. The molecule has 2 saturated carbocycles. The summed E-state index contributed by atoms with van der Waals surface area (Å²) >= 11 is 0. The van der Waals surface area contributed by atoms with Gasteiger partial charge in [0.25, 0.3) is 0 Å². The van der Waals surface area contributed by atoms with E-state index in [0.717, 1.165) is 44.9 Å². The number of nitrogens with two attached hydrogens (primary N) is 2. The Morgan fingerprint density at radius 3 is 1.88 bits per heavy atom. The van der Waals surface area contributed by atoms with Gasteiger partial charge in [0.2, 0.25) is 35.4 Å². The molecular weight excluding hydrogens is 634 g/mol. The third-order valence-electron chi connectivity index (χ3n) is 10.0. The van der Waals surface area contributed by atoms with Crippen molar-refractivity contribution in [2.75, 3.05) is 6.61 Å². The third kappa shape index (κ3) is 12.6. The van der Waals surface area contributed by atoms with E-state index in [1.165, 1.54) is 13.8 Å². The summed E-state index contributed by atoms with van der Waals surface area (Å²) in [5, 5.41) is 33.0. The van der Waals surface area contributed by atoms with Crippen LogP contribution in [-0.4, -0.2) is 94.6 Å². The minimum atomic E-state index is -1.17. The van der Waals surface area contributed by atoms with Gasteiger partial charge in [0.05, 0.1) is 24.8 Å². The smallest absolute Gasteiger partial charge is 0.249 e. The molecule has 2 aliphatic rings. The molecule has 0 saturated heterocycles. The first-order valence-electron chi connectivity index (χ1n) is 17.8. The highest BCUT2D eigenvalue weighted by molar-refractivity contribution is 6.01. The maximum absolute atomic E-state index is 13.4. The second kappa shape index (κ2) is 19.9. The normalized spacial score (nSPS) is 25.4. The van der Waals surface area contributed by atoms with Crippen LogP contribution in [0.4, 0.5) is 0 Å². The molecule has 6 amide bonds. The van der Waals surface area contributed by atoms with Crippen LogP contribution >= 0.6 is 0 Å². The molecule has 0 aliphatic heterocycles. The fourth-order valence-corrected chi connectivity index (χ4v) is 6.71. The molecule has 2 aliphatic carbocycles. The molecule has 5 unspecified atom stereocenters. The summed E-state index contributed by atoms with van der Waals surface area (Å²) in [7, 11) is 0. The SMILES string of the molecule is CC(C)[C@H](N)C(=O)NC(=O)[C@@H](NC(=O)C1CCCC1CCCC1CCCC(O)C1NC(=O)[C@H](C)NC(=O)[C@H](C)NC(=O)[C@@H](N)CO)C(C)C. The summed E-state index contributed by atoms with van der Waals surface area (Å²) in [6, 6.07) is -5.29. The summed E-state index contributed by atoms with van der Waals surface area (Å²) in [5.74, 6) is -3.60. The highest BCUT2D eigenvalue weighted by Gasteiger charge is 2.38. The van der Waals surface area contributed by atoms with Gasteiger partial charge in [-0.05, 0) is 76.0 Å². The molecule has 15 heteroatoms. The van der Waals surface area contributed by atoms with Crippen LogP contribution < -0.4 is 38.1 Å². The Balaban J connectivity index is 1.93. The Kier molecular flexibility index (Phi) is 17.1. The van der Waals surface area contributed by atoms with Crippen LogP contribution in [-0.2, 0) is 28.8 Å². The number of aliphatic hydroxyl groups excluding tert-OH is 2. The van der Waals surface area contributed by atoms with Crippen molar-refractivity contribution < 1.29 is 39.0 Å². The number of carbonyl (C=O) groups is 6. The van der Waals surface area contributed by atoms with Gasteiger partial charge in [-0.15, -0.1) is 0 Å². The average Bonchev–Trinajstić information content (AvgIpc) is 3.52. The molecule has 0 aromatic heterocycles. The second-order valence-corrected chi connectivity index (χ2v) is 14.6. The van der Waals surface area contributed by atoms with Crippen molar-refractivity contribution in [2.24, 2.45) is 41.1 Å². The van der Waals surface area contributed by atoms with Gasteiger partial charge < -0.3 is 42.9 Å². The zero-order valence-electron chi connectivity index (χ0n) is 30.0. The monoisotopic (exact) mass is 695 g/mol. The summed E-state index contributed by atoms with van der Waals surface area (Å²) in [6.45, 7) is 9.58. The van der Waals surface area contributed by atoms with E-state index >= 15 is 0 Å². The van der Waals surface area contributed by atoms with Gasteiger partial charge in [0.1, 0.15) is 24.2 Å². The first-order chi connectivity index (χ1) is 23.0. The number of hydrogen-bond acceptors (Lipinski definition) is 10. The van der Waals surface area contributed by atoms with E-state index in [1.54, 1.807) is 13.8 Å². The molecule has 0 aromatic carbocycles. The zero-order valence-corrected chi connectivity index (χ0v) is 30.0. The minimum Gasteiger partial charge on any atom is -0.394 e. The molecule has 0 radical (unpaired) electrons. The van der Waals surface area contributed by atoms with E-state index < -0.39 is 78.5 Å². The van der Waals surface area contributed by atoms with Gasteiger partial charge in [-0.2, -0.15) is 0 Å². The van der Waals surface area contributed by atoms with Gasteiger partial charge in [-0.25, -0.2) is 0 Å². The van der Waals surface area contributed by atoms with Crippen molar-refractivity contribution in [3.8, 4) is 0 Å². The topological polar surface area (TPSA) is 255 Å². The number of amides is 6. The molecule has 49 heavy (non-hydrogen) atoms. The van der Waals surface area contributed by atoms with Crippen LogP contribution in [0.3, 0.4) is 0 Å². The van der Waals surface area contributed by atoms with Gasteiger partial charge >= 0.3 is 0 Å². The Morgan fingerprint density at radius 2 is 1.27 bits per heavy atom. The van der Waals surface area contributed by atoms with Crippen LogP contribution in [0.25, 0.3) is 0 Å². The van der Waals surface area contributed by atoms with Gasteiger partial charge in [-0.1, -0.05) is 47.0 Å². The van der Waals surface area contributed by atoms with Gasteiger partial charge in [0.15, 0.2) is 0 Å². The van der Waals surface area contributed by atoms with Crippen molar-refractivity contribution in [3.63, 3.8) is 0 Å². The minimum absolute atomic E-state index is 0.00577. The lowest BCUT2D eigenvalue weighted by Gasteiger charge is -2.37. The molecule has 0 heterocycles. The van der Waals surface area contributed by atoms with E-state index in [9.17, 15) is 33.9 Å². The summed E-state index contributed by atoms with van der Waals surface area (Å²) in [5.41, 5.74) is 11.4. The standard InChI is InChI=1S/C34H61N7O8/c1-17(2)26(36)33(48)41-34(49)27(18(3)4)39-31(46)23-14-8-11-21(23)10-7-12-22-13-9-15-25(43)28(22)40-30(45)20(6)37-29(44)19(5)38-32(47)24(35)16-42/h17-28,42-43H,7-16,35-36H2,1-6H3,(H,37,44)(H,38,47)(H,39,46)(H,40,45)(H,41,48,49)/t19-,20-,21?,22?,23?,24-,25?,26-,27-,28?/m0/s1. The highest BCUT2D eigenvalue weighted by atomic mass is 16.3.